The van der Waals surface area contributed by atoms with Gasteiger partial charge in [0.15, 0.2) is 0 Å². The zero-order valence-corrected chi connectivity index (χ0v) is 15.4. The zero-order valence-electron chi connectivity index (χ0n) is 15.4. The number of hydrogen-bond acceptors (Lipinski definition) is 4. The van der Waals surface area contributed by atoms with Crippen LogP contribution in [0.5, 0.6) is 11.5 Å². The fraction of sp³-hybridized carbons (Fsp3) is 0.381. The molecule has 0 spiro atoms. The minimum Gasteiger partial charge on any atom is -0.457 e. The highest BCUT2D eigenvalue weighted by Gasteiger charge is 2.23. The fourth-order valence-electron chi connectivity index (χ4n) is 3.01. The molecule has 2 atom stereocenters. The minimum absolute atomic E-state index is 0.0563. The third kappa shape index (κ3) is 4.84. The first-order valence-electron chi connectivity index (χ1n) is 9.09. The molecule has 1 aliphatic rings. The van der Waals surface area contributed by atoms with Crippen LogP contribution < -0.4 is 10.1 Å². The Bertz CT molecular complexity index is 697. The lowest BCUT2D eigenvalue weighted by Gasteiger charge is -2.35. The Balaban J connectivity index is 1.55. The molecule has 1 fully saturated rings. The number of nitrogens with zero attached hydrogens (tertiary/aromatic N) is 1. The Morgan fingerprint density at radius 1 is 1.00 bits per heavy atom. The summed E-state index contributed by atoms with van der Waals surface area (Å²) in [6.07, 6.45) is 0. The van der Waals surface area contributed by atoms with E-state index in [0.717, 1.165) is 32.1 Å². The standard InChI is InChI=1S/C21H26N2O3/c1-16(17(2)23-12-14-25-15-13-23)22-21(24)18-8-10-20(11-9-18)26-19-6-4-3-5-7-19/h3-11,16-17H,12-15H2,1-2H3,(H,22,24)/t16-,17-/m1/s1. The lowest BCUT2D eigenvalue weighted by molar-refractivity contribution is 0.0137. The molecule has 0 aromatic heterocycles. The van der Waals surface area contributed by atoms with Gasteiger partial charge in [0.2, 0.25) is 0 Å². The van der Waals surface area contributed by atoms with E-state index in [1.807, 2.05) is 49.4 Å². The molecular formula is C21H26N2O3. The van der Waals surface area contributed by atoms with Crippen molar-refractivity contribution in [3.8, 4) is 11.5 Å². The van der Waals surface area contributed by atoms with Crippen LogP contribution in [-0.2, 0) is 4.74 Å². The van der Waals surface area contributed by atoms with Gasteiger partial charge in [0, 0.05) is 30.7 Å². The predicted molar refractivity (Wildman–Crippen MR) is 102 cm³/mol. The van der Waals surface area contributed by atoms with Crippen molar-refractivity contribution in [3.05, 3.63) is 60.2 Å². The number of benzene rings is 2. The molecule has 0 unspecified atom stereocenters. The van der Waals surface area contributed by atoms with Gasteiger partial charge < -0.3 is 14.8 Å². The van der Waals surface area contributed by atoms with E-state index >= 15 is 0 Å². The molecule has 0 aliphatic carbocycles. The maximum Gasteiger partial charge on any atom is 0.251 e. The van der Waals surface area contributed by atoms with Gasteiger partial charge in [-0.3, -0.25) is 9.69 Å². The van der Waals surface area contributed by atoms with E-state index in [0.29, 0.717) is 11.3 Å². The molecule has 1 heterocycles. The van der Waals surface area contributed by atoms with Crippen molar-refractivity contribution >= 4 is 5.91 Å². The van der Waals surface area contributed by atoms with E-state index < -0.39 is 0 Å². The monoisotopic (exact) mass is 354 g/mol. The van der Waals surface area contributed by atoms with Gasteiger partial charge in [0.1, 0.15) is 11.5 Å². The van der Waals surface area contributed by atoms with Crippen molar-refractivity contribution < 1.29 is 14.3 Å². The molecule has 138 valence electrons. The maximum atomic E-state index is 12.5. The first kappa shape index (κ1) is 18.4. The molecule has 1 saturated heterocycles. The van der Waals surface area contributed by atoms with E-state index in [-0.39, 0.29) is 18.0 Å². The molecule has 1 amide bonds. The highest BCUT2D eigenvalue weighted by Crippen LogP contribution is 2.21. The molecule has 0 radical (unpaired) electrons. The van der Waals surface area contributed by atoms with Crippen molar-refractivity contribution in [1.29, 1.82) is 0 Å². The first-order valence-corrected chi connectivity index (χ1v) is 9.09. The molecule has 2 aromatic rings. The summed E-state index contributed by atoms with van der Waals surface area (Å²) in [5.74, 6) is 1.42. The average molecular weight is 354 g/mol. The Kier molecular flexibility index (Phi) is 6.26. The van der Waals surface area contributed by atoms with Crippen LogP contribution in [0.4, 0.5) is 0 Å². The molecule has 1 N–H and O–H groups in total. The molecular weight excluding hydrogens is 328 g/mol. The Labute approximate surface area is 154 Å². The third-order valence-electron chi connectivity index (χ3n) is 4.80. The highest BCUT2D eigenvalue weighted by atomic mass is 16.5. The number of nitrogens with one attached hydrogen (secondary N) is 1. The normalized spacial score (nSPS) is 17.3. The summed E-state index contributed by atoms with van der Waals surface area (Å²) >= 11 is 0. The van der Waals surface area contributed by atoms with Crippen molar-refractivity contribution in [2.45, 2.75) is 25.9 Å². The van der Waals surface area contributed by atoms with Crippen LogP contribution in [0.1, 0.15) is 24.2 Å². The predicted octanol–water partition coefficient (Wildman–Crippen LogP) is 3.32. The van der Waals surface area contributed by atoms with E-state index in [9.17, 15) is 4.79 Å². The van der Waals surface area contributed by atoms with Gasteiger partial charge in [-0.15, -0.1) is 0 Å². The zero-order chi connectivity index (χ0) is 18.4. The van der Waals surface area contributed by atoms with E-state index in [2.05, 4.69) is 17.1 Å². The summed E-state index contributed by atoms with van der Waals surface area (Å²) in [5.41, 5.74) is 0.631. The van der Waals surface area contributed by atoms with Gasteiger partial charge in [-0.05, 0) is 50.2 Å². The maximum absolute atomic E-state index is 12.5. The average Bonchev–Trinajstić information content (AvgIpc) is 2.69. The lowest BCUT2D eigenvalue weighted by Crippen LogP contribution is -2.52. The molecule has 1 aliphatic heterocycles. The summed E-state index contributed by atoms with van der Waals surface area (Å²) in [6, 6.07) is 17.1. The smallest absolute Gasteiger partial charge is 0.251 e. The number of carbonyl (C=O) groups is 1. The molecule has 0 bridgehead atoms. The van der Waals surface area contributed by atoms with Gasteiger partial charge in [0.25, 0.3) is 5.91 Å². The SMILES string of the molecule is C[C@H]([C@@H](C)NC(=O)c1ccc(Oc2ccccc2)cc1)N1CCOCC1. The van der Waals surface area contributed by atoms with Crippen molar-refractivity contribution in [2.75, 3.05) is 26.3 Å². The van der Waals surface area contributed by atoms with E-state index in [4.69, 9.17) is 9.47 Å². The van der Waals surface area contributed by atoms with Crippen LogP contribution in [0.3, 0.4) is 0 Å². The van der Waals surface area contributed by atoms with E-state index in [1.165, 1.54) is 0 Å². The number of hydrogen-bond donors (Lipinski definition) is 1. The van der Waals surface area contributed by atoms with Crippen molar-refractivity contribution in [1.82, 2.24) is 10.2 Å². The second kappa shape index (κ2) is 8.83. The number of ether oxygens (including phenoxy) is 2. The second-order valence-corrected chi connectivity index (χ2v) is 6.59. The van der Waals surface area contributed by atoms with Crippen LogP contribution in [-0.4, -0.2) is 49.2 Å². The molecule has 2 aromatic carbocycles. The largest absolute Gasteiger partial charge is 0.457 e. The number of carbonyl (C=O) groups excluding carboxylic acids is 1. The van der Waals surface area contributed by atoms with Crippen LogP contribution in [0.2, 0.25) is 0 Å². The van der Waals surface area contributed by atoms with Crippen LogP contribution in [0.15, 0.2) is 54.6 Å². The molecule has 3 rings (SSSR count). The van der Waals surface area contributed by atoms with Crippen LogP contribution >= 0.6 is 0 Å². The topological polar surface area (TPSA) is 50.8 Å². The second-order valence-electron chi connectivity index (χ2n) is 6.59. The van der Waals surface area contributed by atoms with Crippen molar-refractivity contribution in [3.63, 3.8) is 0 Å². The summed E-state index contributed by atoms with van der Waals surface area (Å²) in [7, 11) is 0. The number of amides is 1. The summed E-state index contributed by atoms with van der Waals surface area (Å²) in [4.78, 5) is 14.9. The molecule has 26 heavy (non-hydrogen) atoms. The quantitative estimate of drug-likeness (QED) is 0.865. The molecule has 5 nitrogen and oxygen atoms in total. The van der Waals surface area contributed by atoms with Gasteiger partial charge >= 0.3 is 0 Å². The van der Waals surface area contributed by atoms with Gasteiger partial charge in [-0.2, -0.15) is 0 Å². The Morgan fingerprint density at radius 3 is 2.27 bits per heavy atom. The Hall–Kier alpha value is -2.37. The van der Waals surface area contributed by atoms with Gasteiger partial charge in [-0.1, -0.05) is 18.2 Å². The summed E-state index contributed by atoms with van der Waals surface area (Å²) < 4.78 is 11.2. The number of rotatable bonds is 6. The summed E-state index contributed by atoms with van der Waals surface area (Å²) in [5, 5.41) is 3.10. The number of morpholine rings is 1. The minimum atomic E-state index is -0.0659. The molecule has 5 heteroatoms. The lowest BCUT2D eigenvalue weighted by atomic mass is 10.1. The fourth-order valence-corrected chi connectivity index (χ4v) is 3.01. The first-order chi connectivity index (χ1) is 12.6. The van der Waals surface area contributed by atoms with Crippen LogP contribution in [0.25, 0.3) is 0 Å². The molecule has 0 saturated carbocycles. The van der Waals surface area contributed by atoms with Gasteiger partial charge in [0.05, 0.1) is 13.2 Å². The van der Waals surface area contributed by atoms with Gasteiger partial charge in [-0.25, -0.2) is 0 Å². The highest BCUT2D eigenvalue weighted by molar-refractivity contribution is 5.94. The van der Waals surface area contributed by atoms with Crippen molar-refractivity contribution in [2.24, 2.45) is 0 Å². The third-order valence-corrected chi connectivity index (χ3v) is 4.80. The Morgan fingerprint density at radius 2 is 1.62 bits per heavy atom. The number of para-hydroxylation sites is 1. The van der Waals surface area contributed by atoms with E-state index in [1.54, 1.807) is 12.1 Å². The van der Waals surface area contributed by atoms with Crippen LogP contribution in [0, 0.1) is 0 Å². The summed E-state index contributed by atoms with van der Waals surface area (Å²) in [6.45, 7) is 7.53.